The zero-order valence-corrected chi connectivity index (χ0v) is 16.6. The summed E-state index contributed by atoms with van der Waals surface area (Å²) in [5, 5.41) is 0. The van der Waals surface area contributed by atoms with Gasteiger partial charge in [0.15, 0.2) is 5.78 Å². The first-order chi connectivity index (χ1) is 12.3. The molecule has 0 aliphatic heterocycles. The Morgan fingerprint density at radius 2 is 1.85 bits per heavy atom. The maximum atomic E-state index is 12.2. The van der Waals surface area contributed by atoms with Gasteiger partial charge in [0.2, 0.25) is 0 Å². The van der Waals surface area contributed by atoms with Crippen LogP contribution in [-0.4, -0.2) is 17.9 Å². The third kappa shape index (κ3) is 2.53. The van der Waals surface area contributed by atoms with E-state index in [-0.39, 0.29) is 28.7 Å². The summed E-state index contributed by atoms with van der Waals surface area (Å²) in [5.41, 5.74) is 3.03. The van der Waals surface area contributed by atoms with Gasteiger partial charge in [0.1, 0.15) is 6.10 Å². The number of carbonyl (C=O) groups excluding carboxylic acids is 2. The van der Waals surface area contributed by atoms with E-state index in [1.54, 1.807) is 12.5 Å². The van der Waals surface area contributed by atoms with E-state index >= 15 is 0 Å². The first-order valence-electron chi connectivity index (χ1n) is 10.3. The van der Waals surface area contributed by atoms with Crippen LogP contribution in [0.5, 0.6) is 0 Å². The SMILES string of the molecule is CC(=O)O[C@H]1CC[C@]2(C)C3=CC[C@]4(C)C(C(C)=O)=CCC4C3CC[C@@H]2C1. The van der Waals surface area contributed by atoms with Crippen molar-refractivity contribution in [2.75, 3.05) is 0 Å². The largest absolute Gasteiger partial charge is 0.463 e. The first-order valence-corrected chi connectivity index (χ1v) is 10.3. The van der Waals surface area contributed by atoms with Gasteiger partial charge in [-0.1, -0.05) is 31.6 Å². The Morgan fingerprint density at radius 3 is 2.54 bits per heavy atom. The molecule has 2 saturated carbocycles. The van der Waals surface area contributed by atoms with Crippen molar-refractivity contribution in [2.45, 2.75) is 78.7 Å². The Kier molecular flexibility index (Phi) is 4.20. The summed E-state index contributed by atoms with van der Waals surface area (Å²) >= 11 is 0. The van der Waals surface area contributed by atoms with Crippen LogP contribution in [0, 0.1) is 28.6 Å². The molecule has 0 N–H and O–H groups in total. The number of fused-ring (bicyclic) bond motifs is 5. The molecule has 0 bridgehead atoms. The van der Waals surface area contributed by atoms with Gasteiger partial charge in [-0.05, 0) is 80.6 Å². The molecule has 0 radical (unpaired) electrons. The van der Waals surface area contributed by atoms with E-state index in [9.17, 15) is 9.59 Å². The standard InChI is InChI=1S/C23H32O3/c1-14(24)19-7-8-20-18-6-5-16-13-17(26-15(2)25)9-11-22(16,3)21(18)10-12-23(19,20)4/h7,10,16-18,20H,5-6,8-9,11-13H2,1-4H3/t16-,17+,18?,20?,22+,23-/m1/s1. The molecule has 142 valence electrons. The monoisotopic (exact) mass is 356 g/mol. The molecule has 4 aliphatic carbocycles. The molecule has 3 heteroatoms. The van der Waals surface area contributed by atoms with Gasteiger partial charge in [-0.3, -0.25) is 9.59 Å². The van der Waals surface area contributed by atoms with Gasteiger partial charge in [0.05, 0.1) is 0 Å². The van der Waals surface area contributed by atoms with E-state index in [0.29, 0.717) is 17.8 Å². The molecular formula is C23H32O3. The Bertz CT molecular complexity index is 702. The molecule has 0 spiro atoms. The molecule has 2 fully saturated rings. The van der Waals surface area contributed by atoms with Crippen molar-refractivity contribution in [1.82, 2.24) is 0 Å². The minimum Gasteiger partial charge on any atom is -0.463 e. The molecule has 0 saturated heterocycles. The van der Waals surface area contributed by atoms with Crippen LogP contribution >= 0.6 is 0 Å². The van der Waals surface area contributed by atoms with Gasteiger partial charge in [-0.2, -0.15) is 0 Å². The number of allylic oxidation sites excluding steroid dienone is 4. The van der Waals surface area contributed by atoms with Crippen molar-refractivity contribution < 1.29 is 14.3 Å². The fourth-order valence-electron chi connectivity index (χ4n) is 6.96. The van der Waals surface area contributed by atoms with Gasteiger partial charge in [-0.15, -0.1) is 0 Å². The number of hydrogen-bond acceptors (Lipinski definition) is 3. The summed E-state index contributed by atoms with van der Waals surface area (Å²) in [6.07, 6.45) is 12.5. The van der Waals surface area contributed by atoms with Gasteiger partial charge in [-0.25, -0.2) is 0 Å². The molecule has 4 aliphatic rings. The molecule has 6 atom stereocenters. The highest BCUT2D eigenvalue weighted by molar-refractivity contribution is 5.95. The summed E-state index contributed by atoms with van der Waals surface area (Å²) in [6.45, 7) is 8.02. The van der Waals surface area contributed by atoms with Crippen molar-refractivity contribution in [3.05, 3.63) is 23.3 Å². The Morgan fingerprint density at radius 1 is 1.08 bits per heavy atom. The third-order valence-electron chi connectivity index (χ3n) is 8.27. The van der Waals surface area contributed by atoms with E-state index in [4.69, 9.17) is 4.74 Å². The van der Waals surface area contributed by atoms with Crippen LogP contribution in [0.25, 0.3) is 0 Å². The quantitative estimate of drug-likeness (QED) is 0.516. The van der Waals surface area contributed by atoms with Crippen LogP contribution in [0.15, 0.2) is 23.3 Å². The molecule has 0 aromatic heterocycles. The second-order valence-corrected chi connectivity index (χ2v) is 9.60. The molecule has 0 aromatic rings. The highest BCUT2D eigenvalue weighted by Gasteiger charge is 2.56. The van der Waals surface area contributed by atoms with Gasteiger partial charge in [0, 0.05) is 12.3 Å². The Labute approximate surface area is 157 Å². The summed E-state index contributed by atoms with van der Waals surface area (Å²) < 4.78 is 5.54. The van der Waals surface area contributed by atoms with Crippen molar-refractivity contribution in [1.29, 1.82) is 0 Å². The molecule has 26 heavy (non-hydrogen) atoms. The molecule has 3 nitrogen and oxygen atoms in total. The normalized spacial score (nSPS) is 44.2. The smallest absolute Gasteiger partial charge is 0.302 e. The summed E-state index contributed by atoms with van der Waals surface area (Å²) in [5.74, 6) is 1.94. The minimum atomic E-state index is -0.145. The number of ether oxygens (including phenoxy) is 1. The molecule has 0 amide bonds. The van der Waals surface area contributed by atoms with Gasteiger partial charge >= 0.3 is 5.97 Å². The Balaban J connectivity index is 1.60. The molecule has 4 rings (SSSR count). The fourth-order valence-corrected chi connectivity index (χ4v) is 6.96. The van der Waals surface area contributed by atoms with E-state index < -0.39 is 0 Å². The van der Waals surface area contributed by atoms with Crippen LogP contribution in [-0.2, 0) is 14.3 Å². The van der Waals surface area contributed by atoms with E-state index in [1.807, 2.05) is 0 Å². The van der Waals surface area contributed by atoms with Crippen molar-refractivity contribution in [3.63, 3.8) is 0 Å². The molecular weight excluding hydrogens is 324 g/mol. The minimum absolute atomic E-state index is 0.0398. The zero-order chi connectivity index (χ0) is 18.7. The summed E-state index contributed by atoms with van der Waals surface area (Å²) in [4.78, 5) is 23.5. The lowest BCUT2D eigenvalue weighted by Crippen LogP contribution is -2.48. The Hall–Kier alpha value is -1.38. The average Bonchev–Trinajstić information content (AvgIpc) is 2.92. The number of carbonyl (C=O) groups is 2. The number of esters is 1. The van der Waals surface area contributed by atoms with Crippen LogP contribution in [0.1, 0.15) is 72.6 Å². The van der Waals surface area contributed by atoms with Crippen molar-refractivity contribution in [2.24, 2.45) is 28.6 Å². The average molecular weight is 357 g/mol. The van der Waals surface area contributed by atoms with Crippen LogP contribution < -0.4 is 0 Å². The molecule has 2 unspecified atom stereocenters. The van der Waals surface area contributed by atoms with Crippen molar-refractivity contribution in [3.8, 4) is 0 Å². The number of ketones is 1. The maximum absolute atomic E-state index is 12.2. The lowest BCUT2D eigenvalue weighted by atomic mass is 9.48. The lowest BCUT2D eigenvalue weighted by molar-refractivity contribution is -0.151. The van der Waals surface area contributed by atoms with Gasteiger partial charge in [0.25, 0.3) is 0 Å². The second-order valence-electron chi connectivity index (χ2n) is 9.60. The van der Waals surface area contributed by atoms with Crippen molar-refractivity contribution >= 4 is 11.8 Å². The fraction of sp³-hybridized carbons (Fsp3) is 0.739. The van der Waals surface area contributed by atoms with E-state index in [2.05, 4.69) is 26.0 Å². The zero-order valence-electron chi connectivity index (χ0n) is 16.6. The van der Waals surface area contributed by atoms with E-state index in [1.165, 1.54) is 19.8 Å². The van der Waals surface area contributed by atoms with Crippen LogP contribution in [0.4, 0.5) is 0 Å². The number of rotatable bonds is 2. The molecule has 0 heterocycles. The van der Waals surface area contributed by atoms with Crippen LogP contribution in [0.3, 0.4) is 0 Å². The highest BCUT2D eigenvalue weighted by atomic mass is 16.5. The van der Waals surface area contributed by atoms with E-state index in [0.717, 1.165) is 37.7 Å². The predicted molar refractivity (Wildman–Crippen MR) is 101 cm³/mol. The lowest BCUT2D eigenvalue weighted by Gasteiger charge is -2.56. The second kappa shape index (κ2) is 6.07. The topological polar surface area (TPSA) is 43.4 Å². The number of Topliss-reactive ketones (excluding diaryl/α,β-unsaturated/α-hetero) is 1. The third-order valence-corrected chi connectivity index (χ3v) is 8.27. The molecule has 0 aromatic carbocycles. The van der Waals surface area contributed by atoms with Gasteiger partial charge < -0.3 is 4.74 Å². The highest BCUT2D eigenvalue weighted by Crippen LogP contribution is 2.64. The summed E-state index contributed by atoms with van der Waals surface area (Å²) in [7, 11) is 0. The maximum Gasteiger partial charge on any atom is 0.302 e. The predicted octanol–water partition coefficient (Wildman–Crippen LogP) is 5.01. The summed E-state index contributed by atoms with van der Waals surface area (Å²) in [6, 6.07) is 0. The van der Waals surface area contributed by atoms with Crippen LogP contribution in [0.2, 0.25) is 0 Å². The number of hydrogen-bond donors (Lipinski definition) is 0. The first kappa shape index (κ1) is 18.0.